The second-order valence-corrected chi connectivity index (χ2v) is 4.98. The van der Waals surface area contributed by atoms with Crippen molar-refractivity contribution in [3.05, 3.63) is 35.4 Å². The quantitative estimate of drug-likeness (QED) is 0.853. The number of aryl methyl sites for hydroxylation is 1. The van der Waals surface area contributed by atoms with E-state index >= 15 is 0 Å². The third kappa shape index (κ3) is 3.56. The molecule has 1 saturated heterocycles. The topological polar surface area (TPSA) is 32.3 Å². The highest BCUT2D eigenvalue weighted by molar-refractivity contribution is 5.78. The number of likely N-dealkylation sites (N-methyl/N-ethyl adjacent to an activating group) is 1. The first-order chi connectivity index (χ1) is 8.13. The minimum atomic E-state index is 0.135. The van der Waals surface area contributed by atoms with Gasteiger partial charge in [0.15, 0.2) is 0 Å². The molecule has 1 heterocycles. The largest absolute Gasteiger partial charge is 0.352 e. The molecule has 3 heteroatoms. The Kier molecular flexibility index (Phi) is 3.79. The Morgan fingerprint density at radius 2 is 2.35 bits per heavy atom. The van der Waals surface area contributed by atoms with Gasteiger partial charge in [-0.2, -0.15) is 0 Å². The molecule has 1 amide bonds. The molecule has 0 aliphatic carbocycles. The zero-order valence-electron chi connectivity index (χ0n) is 10.6. The number of carbonyl (C=O) groups is 1. The molecule has 0 bridgehead atoms. The second-order valence-electron chi connectivity index (χ2n) is 4.98. The van der Waals surface area contributed by atoms with Crippen molar-refractivity contribution in [3.8, 4) is 0 Å². The Hall–Kier alpha value is -1.35. The molecule has 1 fully saturated rings. The van der Waals surface area contributed by atoms with Gasteiger partial charge in [-0.15, -0.1) is 0 Å². The molecule has 0 saturated carbocycles. The highest BCUT2D eigenvalue weighted by atomic mass is 16.1. The van der Waals surface area contributed by atoms with Crippen molar-refractivity contribution < 1.29 is 4.79 Å². The summed E-state index contributed by atoms with van der Waals surface area (Å²) in [5.41, 5.74) is 2.30. The molecule has 0 radical (unpaired) electrons. The number of nitrogens with zero attached hydrogens (tertiary/aromatic N) is 1. The van der Waals surface area contributed by atoms with Crippen molar-refractivity contribution >= 4 is 5.91 Å². The summed E-state index contributed by atoms with van der Waals surface area (Å²) in [4.78, 5) is 14.1. The molecule has 1 atom stereocenters. The van der Waals surface area contributed by atoms with E-state index in [1.807, 2.05) is 25.1 Å². The molecule has 1 aromatic rings. The lowest BCUT2D eigenvalue weighted by molar-refractivity contribution is -0.121. The number of carbonyl (C=O) groups excluding carboxylic acids is 1. The van der Waals surface area contributed by atoms with Crippen LogP contribution in [0.1, 0.15) is 17.5 Å². The standard InChI is InChI=1S/C14H20N2O/c1-11-4-3-5-12(8-11)9-14(17)15-13-6-7-16(2)10-13/h3-5,8,13H,6-7,9-10H2,1-2H3,(H,15,17). The Labute approximate surface area is 103 Å². The zero-order chi connectivity index (χ0) is 12.3. The number of hydrogen-bond donors (Lipinski definition) is 1. The first kappa shape index (κ1) is 12.1. The summed E-state index contributed by atoms with van der Waals surface area (Å²) < 4.78 is 0. The van der Waals surface area contributed by atoms with Crippen LogP contribution in [0, 0.1) is 6.92 Å². The first-order valence-corrected chi connectivity index (χ1v) is 6.17. The van der Waals surface area contributed by atoms with E-state index in [2.05, 4.69) is 23.3 Å². The molecule has 1 aliphatic rings. The lowest BCUT2D eigenvalue weighted by Crippen LogP contribution is -2.37. The highest BCUT2D eigenvalue weighted by Crippen LogP contribution is 2.08. The fourth-order valence-electron chi connectivity index (χ4n) is 2.34. The molecule has 0 spiro atoms. The summed E-state index contributed by atoms with van der Waals surface area (Å²) in [6, 6.07) is 8.46. The van der Waals surface area contributed by atoms with Crippen LogP contribution in [-0.4, -0.2) is 37.0 Å². The highest BCUT2D eigenvalue weighted by Gasteiger charge is 2.20. The van der Waals surface area contributed by atoms with E-state index in [1.165, 1.54) is 5.56 Å². The fraction of sp³-hybridized carbons (Fsp3) is 0.500. The van der Waals surface area contributed by atoms with Crippen molar-refractivity contribution in [1.82, 2.24) is 10.2 Å². The lowest BCUT2D eigenvalue weighted by Gasteiger charge is -2.12. The Morgan fingerprint density at radius 3 is 3.00 bits per heavy atom. The minimum Gasteiger partial charge on any atom is -0.352 e. The maximum Gasteiger partial charge on any atom is 0.224 e. The van der Waals surface area contributed by atoms with E-state index in [0.29, 0.717) is 12.5 Å². The van der Waals surface area contributed by atoms with Crippen LogP contribution in [0.15, 0.2) is 24.3 Å². The van der Waals surface area contributed by atoms with Crippen molar-refractivity contribution in [2.75, 3.05) is 20.1 Å². The van der Waals surface area contributed by atoms with Gasteiger partial charge in [-0.1, -0.05) is 29.8 Å². The molecule has 1 unspecified atom stereocenters. The Balaban J connectivity index is 1.85. The third-order valence-electron chi connectivity index (χ3n) is 3.20. The van der Waals surface area contributed by atoms with Crippen molar-refractivity contribution in [2.24, 2.45) is 0 Å². The van der Waals surface area contributed by atoms with Crippen LogP contribution in [0.3, 0.4) is 0 Å². The van der Waals surface area contributed by atoms with Gasteiger partial charge < -0.3 is 10.2 Å². The van der Waals surface area contributed by atoms with Crippen LogP contribution >= 0.6 is 0 Å². The van der Waals surface area contributed by atoms with Crippen LogP contribution < -0.4 is 5.32 Å². The van der Waals surface area contributed by atoms with E-state index in [4.69, 9.17) is 0 Å². The van der Waals surface area contributed by atoms with Gasteiger partial charge in [-0.05, 0) is 32.5 Å². The lowest BCUT2D eigenvalue weighted by atomic mass is 10.1. The van der Waals surface area contributed by atoms with E-state index in [1.54, 1.807) is 0 Å². The van der Waals surface area contributed by atoms with Crippen LogP contribution in [0.4, 0.5) is 0 Å². The zero-order valence-corrected chi connectivity index (χ0v) is 10.6. The number of nitrogens with one attached hydrogen (secondary N) is 1. The molecule has 1 aliphatic heterocycles. The van der Waals surface area contributed by atoms with Gasteiger partial charge in [-0.3, -0.25) is 4.79 Å². The van der Waals surface area contributed by atoms with Gasteiger partial charge in [0.1, 0.15) is 0 Å². The predicted octanol–water partition coefficient (Wildman–Crippen LogP) is 1.36. The van der Waals surface area contributed by atoms with E-state index in [9.17, 15) is 4.79 Å². The van der Waals surface area contributed by atoms with Gasteiger partial charge in [-0.25, -0.2) is 0 Å². The summed E-state index contributed by atoms with van der Waals surface area (Å²) in [6.07, 6.45) is 1.55. The number of rotatable bonds is 3. The molecule has 1 aromatic carbocycles. The smallest absolute Gasteiger partial charge is 0.224 e. The molecule has 2 rings (SSSR count). The SMILES string of the molecule is Cc1cccc(CC(=O)NC2CCN(C)C2)c1. The summed E-state index contributed by atoms with van der Waals surface area (Å²) >= 11 is 0. The van der Waals surface area contributed by atoms with Crippen molar-refractivity contribution in [2.45, 2.75) is 25.8 Å². The minimum absolute atomic E-state index is 0.135. The molecular weight excluding hydrogens is 212 g/mol. The van der Waals surface area contributed by atoms with E-state index < -0.39 is 0 Å². The summed E-state index contributed by atoms with van der Waals surface area (Å²) in [5, 5.41) is 3.10. The summed E-state index contributed by atoms with van der Waals surface area (Å²) in [7, 11) is 2.09. The molecule has 0 aromatic heterocycles. The van der Waals surface area contributed by atoms with Crippen molar-refractivity contribution in [1.29, 1.82) is 0 Å². The number of hydrogen-bond acceptors (Lipinski definition) is 2. The van der Waals surface area contributed by atoms with Gasteiger partial charge in [0, 0.05) is 12.6 Å². The maximum atomic E-state index is 11.9. The number of likely N-dealkylation sites (tertiary alicyclic amines) is 1. The van der Waals surface area contributed by atoms with Crippen LogP contribution in [0.25, 0.3) is 0 Å². The van der Waals surface area contributed by atoms with E-state index in [0.717, 1.165) is 25.1 Å². The normalized spacial score (nSPS) is 20.5. The summed E-state index contributed by atoms with van der Waals surface area (Å²) in [6.45, 7) is 4.10. The molecular formula is C14H20N2O. The van der Waals surface area contributed by atoms with Gasteiger partial charge in [0.05, 0.1) is 6.42 Å². The molecule has 92 valence electrons. The predicted molar refractivity (Wildman–Crippen MR) is 68.9 cm³/mol. The molecule has 1 N–H and O–H groups in total. The number of amides is 1. The van der Waals surface area contributed by atoms with Crippen molar-refractivity contribution in [3.63, 3.8) is 0 Å². The Bertz CT molecular complexity index is 403. The second kappa shape index (κ2) is 5.32. The average molecular weight is 232 g/mol. The number of benzene rings is 1. The monoisotopic (exact) mass is 232 g/mol. The third-order valence-corrected chi connectivity index (χ3v) is 3.20. The van der Waals surface area contributed by atoms with Crippen LogP contribution in [0.5, 0.6) is 0 Å². The van der Waals surface area contributed by atoms with Crippen LogP contribution in [-0.2, 0) is 11.2 Å². The van der Waals surface area contributed by atoms with Gasteiger partial charge in [0.2, 0.25) is 5.91 Å². The van der Waals surface area contributed by atoms with E-state index in [-0.39, 0.29) is 5.91 Å². The summed E-state index contributed by atoms with van der Waals surface area (Å²) in [5.74, 6) is 0.135. The van der Waals surface area contributed by atoms with Crippen LogP contribution in [0.2, 0.25) is 0 Å². The van der Waals surface area contributed by atoms with Gasteiger partial charge >= 0.3 is 0 Å². The van der Waals surface area contributed by atoms with Gasteiger partial charge in [0.25, 0.3) is 0 Å². The Morgan fingerprint density at radius 1 is 1.53 bits per heavy atom. The average Bonchev–Trinajstić information content (AvgIpc) is 2.63. The maximum absolute atomic E-state index is 11.9. The molecule has 3 nitrogen and oxygen atoms in total. The fourth-order valence-corrected chi connectivity index (χ4v) is 2.34. The first-order valence-electron chi connectivity index (χ1n) is 6.17. The molecule has 17 heavy (non-hydrogen) atoms.